The van der Waals surface area contributed by atoms with Crippen molar-refractivity contribution in [2.45, 2.75) is 30.7 Å². The quantitative estimate of drug-likeness (QED) is 0.516. The van der Waals surface area contributed by atoms with Gasteiger partial charge in [-0.05, 0) is 0 Å². The van der Waals surface area contributed by atoms with Crippen molar-refractivity contribution in [2.75, 3.05) is 14.2 Å². The summed E-state index contributed by atoms with van der Waals surface area (Å²) in [6, 6.07) is 0. The van der Waals surface area contributed by atoms with Crippen LogP contribution < -0.4 is 0 Å². The minimum Gasteiger partial charge on any atom is -0.479 e. The van der Waals surface area contributed by atoms with Gasteiger partial charge in [0.15, 0.2) is 12.4 Å². The summed E-state index contributed by atoms with van der Waals surface area (Å²) in [5, 5.41) is 27.8. The summed E-state index contributed by atoms with van der Waals surface area (Å²) < 4.78 is 14.4. The predicted molar refractivity (Wildman–Crippen MR) is 46.1 cm³/mol. The lowest BCUT2D eigenvalue weighted by Gasteiger charge is -2.39. The number of carboxylic acids is 1. The number of aliphatic carboxylic acids is 1. The van der Waals surface area contributed by atoms with Crippen LogP contribution in [0.15, 0.2) is 0 Å². The number of hydrogen-bond acceptors (Lipinski definition) is 6. The van der Waals surface area contributed by atoms with E-state index in [9.17, 15) is 15.0 Å². The molecule has 1 aliphatic rings. The molecule has 0 saturated carbocycles. The van der Waals surface area contributed by atoms with Gasteiger partial charge in [0.1, 0.15) is 18.3 Å². The third-order valence-electron chi connectivity index (χ3n) is 2.29. The standard InChI is InChI=1S/C8H14O7/c1-13-5-3(9)4(10)8(14-2)15-6(5)7(11)12/h3-6,8-10H,1-2H3,(H,11,12)/t3-,4+,5+,6+,8?/m1/s1. The lowest BCUT2D eigenvalue weighted by molar-refractivity contribution is -0.290. The first-order valence-electron chi connectivity index (χ1n) is 4.33. The molecule has 1 rings (SSSR count). The van der Waals surface area contributed by atoms with Gasteiger partial charge in [0, 0.05) is 14.2 Å². The monoisotopic (exact) mass is 222 g/mol. The first-order chi connectivity index (χ1) is 7.02. The first-order valence-corrected chi connectivity index (χ1v) is 4.33. The average Bonchev–Trinajstić information content (AvgIpc) is 2.21. The van der Waals surface area contributed by atoms with E-state index in [0.29, 0.717) is 0 Å². The van der Waals surface area contributed by atoms with Crippen LogP contribution in [0.4, 0.5) is 0 Å². The van der Waals surface area contributed by atoms with Gasteiger partial charge in [-0.25, -0.2) is 4.79 Å². The topological polar surface area (TPSA) is 105 Å². The lowest BCUT2D eigenvalue weighted by Crippen LogP contribution is -2.60. The number of methoxy groups -OCH3 is 2. The summed E-state index contributed by atoms with van der Waals surface area (Å²) in [4.78, 5) is 10.8. The fourth-order valence-corrected chi connectivity index (χ4v) is 1.49. The van der Waals surface area contributed by atoms with E-state index in [-0.39, 0.29) is 0 Å². The maximum Gasteiger partial charge on any atom is 0.335 e. The highest BCUT2D eigenvalue weighted by molar-refractivity contribution is 5.73. The van der Waals surface area contributed by atoms with Gasteiger partial charge in [0.2, 0.25) is 0 Å². The summed E-state index contributed by atoms with van der Waals surface area (Å²) in [6.07, 6.45) is -6.36. The third-order valence-corrected chi connectivity index (χ3v) is 2.29. The van der Waals surface area contributed by atoms with E-state index in [1.807, 2.05) is 0 Å². The molecule has 15 heavy (non-hydrogen) atoms. The van der Waals surface area contributed by atoms with Crippen molar-refractivity contribution >= 4 is 5.97 Å². The molecule has 0 aliphatic carbocycles. The van der Waals surface area contributed by atoms with E-state index >= 15 is 0 Å². The zero-order valence-corrected chi connectivity index (χ0v) is 8.36. The largest absolute Gasteiger partial charge is 0.479 e. The second-order valence-electron chi connectivity index (χ2n) is 3.18. The molecule has 1 fully saturated rings. The van der Waals surface area contributed by atoms with Crippen LogP contribution in [0.5, 0.6) is 0 Å². The molecule has 1 saturated heterocycles. The Labute approximate surface area is 86.2 Å². The third kappa shape index (κ3) is 2.27. The predicted octanol–water partition coefficient (Wildman–Crippen LogP) is -1.82. The number of carboxylic acid groups (broad SMARTS) is 1. The molecule has 0 spiro atoms. The molecular weight excluding hydrogens is 208 g/mol. The molecule has 1 aliphatic heterocycles. The van der Waals surface area contributed by atoms with Gasteiger partial charge in [-0.15, -0.1) is 0 Å². The number of rotatable bonds is 3. The smallest absolute Gasteiger partial charge is 0.335 e. The molecule has 1 unspecified atom stereocenters. The molecule has 7 heteroatoms. The molecule has 7 nitrogen and oxygen atoms in total. The molecule has 5 atom stereocenters. The molecule has 0 amide bonds. The summed E-state index contributed by atoms with van der Waals surface area (Å²) in [5.74, 6) is -1.28. The maximum absolute atomic E-state index is 10.8. The summed E-state index contributed by atoms with van der Waals surface area (Å²) in [6.45, 7) is 0. The SMILES string of the molecule is COC1O[C@H](C(=O)O)[C@@H](OC)[C@H](O)[C@@H]1O. The molecule has 0 aromatic carbocycles. The summed E-state index contributed by atoms with van der Waals surface area (Å²) >= 11 is 0. The van der Waals surface area contributed by atoms with Gasteiger partial charge < -0.3 is 29.5 Å². The average molecular weight is 222 g/mol. The van der Waals surface area contributed by atoms with Crippen LogP contribution in [-0.2, 0) is 19.0 Å². The molecule has 0 bridgehead atoms. The second kappa shape index (κ2) is 4.86. The second-order valence-corrected chi connectivity index (χ2v) is 3.18. The zero-order chi connectivity index (χ0) is 11.6. The summed E-state index contributed by atoms with van der Waals surface area (Å²) in [5.41, 5.74) is 0. The number of aliphatic hydroxyl groups excluding tert-OH is 2. The highest BCUT2D eigenvalue weighted by Gasteiger charge is 2.48. The Morgan fingerprint density at radius 1 is 1.20 bits per heavy atom. The van der Waals surface area contributed by atoms with Crippen LogP contribution in [-0.4, -0.2) is 66.2 Å². The van der Waals surface area contributed by atoms with Crippen molar-refractivity contribution in [3.05, 3.63) is 0 Å². The normalized spacial score (nSPS) is 41.5. The van der Waals surface area contributed by atoms with Crippen molar-refractivity contribution in [1.82, 2.24) is 0 Å². The van der Waals surface area contributed by atoms with Crippen LogP contribution in [0.25, 0.3) is 0 Å². The number of hydrogen-bond donors (Lipinski definition) is 3. The number of aliphatic hydroxyl groups is 2. The van der Waals surface area contributed by atoms with Gasteiger partial charge in [0.25, 0.3) is 0 Å². The van der Waals surface area contributed by atoms with E-state index in [2.05, 4.69) is 0 Å². The molecule has 0 aromatic rings. The minimum atomic E-state index is -1.37. The Morgan fingerprint density at radius 2 is 1.80 bits per heavy atom. The van der Waals surface area contributed by atoms with Gasteiger partial charge in [0.05, 0.1) is 0 Å². The molecule has 0 aromatic heterocycles. The Morgan fingerprint density at radius 3 is 2.20 bits per heavy atom. The van der Waals surface area contributed by atoms with Gasteiger partial charge in [-0.1, -0.05) is 0 Å². The van der Waals surface area contributed by atoms with Crippen LogP contribution in [0.3, 0.4) is 0 Å². The minimum absolute atomic E-state index is 1.12. The zero-order valence-electron chi connectivity index (χ0n) is 8.36. The van der Waals surface area contributed by atoms with E-state index in [1.54, 1.807) is 0 Å². The highest BCUT2D eigenvalue weighted by Crippen LogP contribution is 2.23. The Bertz CT molecular complexity index is 231. The van der Waals surface area contributed by atoms with Gasteiger partial charge >= 0.3 is 5.97 Å². The Balaban J connectivity index is 2.84. The molecule has 3 N–H and O–H groups in total. The highest BCUT2D eigenvalue weighted by atomic mass is 16.7. The number of ether oxygens (including phenoxy) is 3. The van der Waals surface area contributed by atoms with Gasteiger partial charge in [-0.3, -0.25) is 0 Å². The Kier molecular flexibility index (Phi) is 4.00. The Hall–Kier alpha value is -0.730. The van der Waals surface area contributed by atoms with E-state index in [0.717, 1.165) is 0 Å². The van der Waals surface area contributed by atoms with Crippen molar-refractivity contribution in [2.24, 2.45) is 0 Å². The van der Waals surface area contributed by atoms with Gasteiger partial charge in [-0.2, -0.15) is 0 Å². The maximum atomic E-state index is 10.8. The molecular formula is C8H14O7. The van der Waals surface area contributed by atoms with Crippen LogP contribution >= 0.6 is 0 Å². The van der Waals surface area contributed by atoms with Crippen molar-refractivity contribution in [3.8, 4) is 0 Å². The van der Waals surface area contributed by atoms with Crippen molar-refractivity contribution in [1.29, 1.82) is 0 Å². The first kappa shape index (κ1) is 12.3. The van der Waals surface area contributed by atoms with Crippen LogP contribution in [0.1, 0.15) is 0 Å². The van der Waals surface area contributed by atoms with E-state index in [1.165, 1.54) is 14.2 Å². The summed E-state index contributed by atoms with van der Waals surface area (Å²) in [7, 11) is 2.47. The lowest BCUT2D eigenvalue weighted by atomic mass is 9.99. The van der Waals surface area contributed by atoms with E-state index in [4.69, 9.17) is 19.3 Å². The number of carbonyl (C=O) groups is 1. The van der Waals surface area contributed by atoms with Crippen molar-refractivity contribution < 1.29 is 34.3 Å². The van der Waals surface area contributed by atoms with E-state index < -0.39 is 36.7 Å². The molecule has 88 valence electrons. The molecule has 0 radical (unpaired) electrons. The van der Waals surface area contributed by atoms with Crippen LogP contribution in [0, 0.1) is 0 Å². The molecule has 1 heterocycles. The van der Waals surface area contributed by atoms with Crippen LogP contribution in [0.2, 0.25) is 0 Å². The fourth-order valence-electron chi connectivity index (χ4n) is 1.49. The fraction of sp³-hybridized carbons (Fsp3) is 0.875. The van der Waals surface area contributed by atoms with Crippen molar-refractivity contribution in [3.63, 3.8) is 0 Å².